The van der Waals surface area contributed by atoms with Crippen LogP contribution < -0.4 is 0 Å². The van der Waals surface area contributed by atoms with Crippen molar-refractivity contribution in [1.29, 1.82) is 0 Å². The minimum absolute atomic E-state index is 0.577. The van der Waals surface area contributed by atoms with Crippen molar-refractivity contribution in [3.8, 4) is 45.5 Å². The molecule has 8 aromatic carbocycles. The first-order chi connectivity index (χ1) is 28.3. The Balaban J connectivity index is 1.17. The number of aromatic nitrogens is 5. The molecule has 12 rings (SSSR count). The van der Waals surface area contributed by atoms with E-state index in [0.717, 1.165) is 54.9 Å². The van der Waals surface area contributed by atoms with Gasteiger partial charge in [0.1, 0.15) is 0 Å². The second-order valence-electron chi connectivity index (χ2n) is 14.4. The zero-order valence-electron chi connectivity index (χ0n) is 30.5. The Morgan fingerprint density at radius 2 is 0.912 bits per heavy atom. The van der Waals surface area contributed by atoms with Crippen molar-refractivity contribution in [2.24, 2.45) is 0 Å². The van der Waals surface area contributed by atoms with Crippen LogP contribution in [0.3, 0.4) is 0 Å². The van der Waals surface area contributed by atoms with Gasteiger partial charge in [0.2, 0.25) is 5.95 Å². The van der Waals surface area contributed by atoms with Crippen molar-refractivity contribution in [3.63, 3.8) is 0 Å². The Kier molecular flexibility index (Phi) is 7.03. The fourth-order valence-electron chi connectivity index (χ4n) is 8.64. The van der Waals surface area contributed by atoms with Gasteiger partial charge >= 0.3 is 0 Å². The second kappa shape index (κ2) is 12.6. The third-order valence-corrected chi connectivity index (χ3v) is 12.4. The van der Waals surface area contributed by atoms with E-state index in [1.165, 1.54) is 36.8 Å². The molecule has 0 saturated carbocycles. The van der Waals surface area contributed by atoms with Gasteiger partial charge < -0.3 is 4.57 Å². The average molecular weight is 746 g/mol. The minimum atomic E-state index is 0.577. The lowest BCUT2D eigenvalue weighted by Crippen LogP contribution is -2.06. The van der Waals surface area contributed by atoms with E-state index in [1.54, 1.807) is 0 Å². The average Bonchev–Trinajstić information content (AvgIpc) is 3.95. The summed E-state index contributed by atoms with van der Waals surface area (Å²) < 4.78 is 7.28. The van der Waals surface area contributed by atoms with E-state index >= 15 is 0 Å². The van der Waals surface area contributed by atoms with Crippen LogP contribution in [0.1, 0.15) is 0 Å². The maximum absolute atomic E-state index is 5.33. The maximum Gasteiger partial charge on any atom is 0.238 e. The summed E-state index contributed by atoms with van der Waals surface area (Å²) in [7, 11) is 0. The zero-order chi connectivity index (χ0) is 37.5. The van der Waals surface area contributed by atoms with Crippen LogP contribution >= 0.6 is 11.3 Å². The Hall–Kier alpha value is -7.41. The lowest BCUT2D eigenvalue weighted by Gasteiger charge is -2.12. The Morgan fingerprint density at radius 1 is 0.351 bits per heavy atom. The van der Waals surface area contributed by atoms with Gasteiger partial charge in [-0.25, -0.2) is 4.98 Å². The molecule has 12 aromatic rings. The molecule has 4 aromatic heterocycles. The summed E-state index contributed by atoms with van der Waals surface area (Å²) in [4.78, 5) is 15.7. The van der Waals surface area contributed by atoms with E-state index in [9.17, 15) is 0 Å². The molecule has 0 N–H and O–H groups in total. The SMILES string of the molecule is c1ccc(-c2ccc(-c3nc(-c4ccccc4)nc(-n4c5ccccc5c5ccc6c(c7ccccc7n6-c6cccc7c6sc6ccccc67)c54)n3)cc2)cc1. The standard InChI is InChI=1S/C51H31N5S/c1-3-14-32(15-4-1)33-26-28-35(29-27-33)50-52-49(34-16-5-2-6-17-34)53-51(54-50)56-41-22-10-7-18-36(41)38-30-31-43-46(47(38)56)40-20-8-11-23-42(40)55(43)44-24-13-21-39-37-19-9-12-25-45(37)57-48(39)44/h1-31H. The largest absolute Gasteiger partial charge is 0.308 e. The monoisotopic (exact) mass is 745 g/mol. The summed E-state index contributed by atoms with van der Waals surface area (Å²) in [5.41, 5.74) is 9.74. The summed E-state index contributed by atoms with van der Waals surface area (Å²) in [5, 5.41) is 7.20. The molecule has 0 bridgehead atoms. The fourth-order valence-corrected chi connectivity index (χ4v) is 9.84. The van der Waals surface area contributed by atoms with E-state index in [4.69, 9.17) is 15.0 Å². The summed E-state index contributed by atoms with van der Waals surface area (Å²) >= 11 is 1.86. The van der Waals surface area contributed by atoms with Gasteiger partial charge in [-0.3, -0.25) is 4.57 Å². The molecular formula is C51H31N5S. The molecule has 0 aliphatic rings. The molecule has 0 amide bonds. The molecule has 0 aliphatic carbocycles. The number of benzene rings is 8. The maximum atomic E-state index is 5.33. The van der Waals surface area contributed by atoms with Crippen LogP contribution in [-0.4, -0.2) is 24.1 Å². The molecule has 0 spiro atoms. The first-order valence-corrected chi connectivity index (χ1v) is 19.9. The summed E-state index contributed by atoms with van der Waals surface area (Å²) in [6, 6.07) is 66.5. The highest BCUT2D eigenvalue weighted by atomic mass is 32.1. The molecule has 4 heterocycles. The number of nitrogens with zero attached hydrogens (tertiary/aromatic N) is 5. The molecule has 0 unspecified atom stereocenters. The van der Waals surface area contributed by atoms with Gasteiger partial charge in [0, 0.05) is 48.1 Å². The molecule has 0 atom stereocenters. The number of fused-ring (bicyclic) bond motifs is 10. The quantitative estimate of drug-likeness (QED) is 0.176. The molecule has 266 valence electrons. The van der Waals surface area contributed by atoms with Crippen molar-refractivity contribution in [3.05, 3.63) is 188 Å². The van der Waals surface area contributed by atoms with Crippen LogP contribution in [0.4, 0.5) is 0 Å². The van der Waals surface area contributed by atoms with Crippen molar-refractivity contribution < 1.29 is 0 Å². The number of hydrogen-bond donors (Lipinski definition) is 0. The highest BCUT2D eigenvalue weighted by molar-refractivity contribution is 7.26. The molecule has 0 aliphatic heterocycles. The van der Waals surface area contributed by atoms with Gasteiger partial charge in [-0.15, -0.1) is 11.3 Å². The fraction of sp³-hybridized carbons (Fsp3) is 0. The predicted octanol–water partition coefficient (Wildman–Crippen LogP) is 13.4. The normalized spacial score (nSPS) is 11.9. The van der Waals surface area contributed by atoms with Crippen LogP contribution in [0.2, 0.25) is 0 Å². The van der Waals surface area contributed by atoms with Crippen molar-refractivity contribution in [1.82, 2.24) is 24.1 Å². The minimum Gasteiger partial charge on any atom is -0.308 e. The van der Waals surface area contributed by atoms with Crippen molar-refractivity contribution in [2.75, 3.05) is 0 Å². The van der Waals surface area contributed by atoms with E-state index in [-0.39, 0.29) is 0 Å². The number of rotatable bonds is 5. The molecular weight excluding hydrogens is 715 g/mol. The van der Waals surface area contributed by atoms with Gasteiger partial charge in [0.05, 0.1) is 32.5 Å². The Morgan fingerprint density at radius 3 is 1.67 bits per heavy atom. The number of para-hydroxylation sites is 2. The first kappa shape index (κ1) is 31.9. The predicted molar refractivity (Wildman–Crippen MR) is 238 cm³/mol. The third-order valence-electron chi connectivity index (χ3n) is 11.2. The lowest BCUT2D eigenvalue weighted by molar-refractivity contribution is 0.955. The van der Waals surface area contributed by atoms with Crippen LogP contribution in [0.5, 0.6) is 0 Å². The molecule has 0 saturated heterocycles. The first-order valence-electron chi connectivity index (χ1n) is 19.1. The Labute approximate surface area is 331 Å². The van der Waals surface area contributed by atoms with E-state index < -0.39 is 0 Å². The summed E-state index contributed by atoms with van der Waals surface area (Å²) in [6.45, 7) is 0. The topological polar surface area (TPSA) is 48.5 Å². The third kappa shape index (κ3) is 4.91. The highest BCUT2D eigenvalue weighted by Gasteiger charge is 2.24. The van der Waals surface area contributed by atoms with E-state index in [1.807, 2.05) is 35.6 Å². The molecule has 6 heteroatoms. The summed E-state index contributed by atoms with van der Waals surface area (Å²) in [6.07, 6.45) is 0. The van der Waals surface area contributed by atoms with Crippen molar-refractivity contribution in [2.45, 2.75) is 0 Å². The molecule has 0 fully saturated rings. The molecule has 5 nitrogen and oxygen atoms in total. The lowest BCUT2D eigenvalue weighted by atomic mass is 10.0. The van der Waals surface area contributed by atoms with Gasteiger partial charge in [-0.1, -0.05) is 158 Å². The van der Waals surface area contributed by atoms with Gasteiger partial charge in [0.15, 0.2) is 11.6 Å². The van der Waals surface area contributed by atoms with Gasteiger partial charge in [-0.05, 0) is 41.5 Å². The highest BCUT2D eigenvalue weighted by Crippen LogP contribution is 2.44. The summed E-state index contributed by atoms with van der Waals surface area (Å²) in [5.74, 6) is 1.82. The Bertz CT molecular complexity index is 3510. The second-order valence-corrected chi connectivity index (χ2v) is 15.5. The number of hydrogen-bond acceptors (Lipinski definition) is 4. The van der Waals surface area contributed by atoms with Gasteiger partial charge in [0.25, 0.3) is 0 Å². The molecule has 57 heavy (non-hydrogen) atoms. The van der Waals surface area contributed by atoms with Crippen LogP contribution in [-0.2, 0) is 0 Å². The van der Waals surface area contributed by atoms with E-state index in [2.05, 4.69) is 173 Å². The van der Waals surface area contributed by atoms with E-state index in [0.29, 0.717) is 17.6 Å². The molecule has 0 radical (unpaired) electrons. The van der Waals surface area contributed by atoms with Crippen LogP contribution in [0.15, 0.2) is 188 Å². The van der Waals surface area contributed by atoms with Gasteiger partial charge in [-0.2, -0.15) is 9.97 Å². The van der Waals surface area contributed by atoms with Crippen LogP contribution in [0.25, 0.3) is 109 Å². The zero-order valence-corrected chi connectivity index (χ0v) is 31.4. The number of thiophene rings is 1. The smallest absolute Gasteiger partial charge is 0.238 e. The van der Waals surface area contributed by atoms with Crippen molar-refractivity contribution >= 4 is 75.1 Å². The van der Waals surface area contributed by atoms with Crippen LogP contribution in [0, 0.1) is 0 Å².